The summed E-state index contributed by atoms with van der Waals surface area (Å²) < 4.78 is 39.6. The molecule has 0 aromatic heterocycles. The zero-order valence-electron chi connectivity index (χ0n) is 10.1. The first-order chi connectivity index (χ1) is 8.79. The summed E-state index contributed by atoms with van der Waals surface area (Å²) in [7, 11) is 0. The highest BCUT2D eigenvalue weighted by atomic mass is 19.4. The Bertz CT molecular complexity index is 472. The maximum Gasteiger partial charge on any atom is 0.411 e. The van der Waals surface area contributed by atoms with E-state index in [9.17, 15) is 22.8 Å². The van der Waals surface area contributed by atoms with Crippen molar-refractivity contribution in [2.75, 3.05) is 18.5 Å². The number of ether oxygens (including phenoxy) is 1. The Morgan fingerprint density at radius 1 is 1.26 bits per heavy atom. The van der Waals surface area contributed by atoms with Crippen molar-refractivity contribution in [2.45, 2.75) is 13.1 Å². The van der Waals surface area contributed by atoms with Crippen molar-refractivity contribution in [1.29, 1.82) is 0 Å². The van der Waals surface area contributed by atoms with Gasteiger partial charge in [-0.05, 0) is 19.1 Å². The number of hydrogen-bond donors (Lipinski definition) is 1. The lowest BCUT2D eigenvalue weighted by atomic mass is 10.1. The highest BCUT2D eigenvalue weighted by molar-refractivity contribution is 6.03. The molecule has 1 amide bonds. The molecule has 0 spiro atoms. The number of amides is 1. The molecule has 0 saturated heterocycles. The number of para-hydroxylation sites is 1. The molecule has 7 heteroatoms. The first-order valence-electron chi connectivity index (χ1n) is 5.34. The summed E-state index contributed by atoms with van der Waals surface area (Å²) in [5.74, 6) is -1.01. The second kappa shape index (κ2) is 6.33. The maximum absolute atomic E-state index is 11.8. The Morgan fingerprint density at radius 3 is 2.47 bits per heavy atom. The molecule has 104 valence electrons. The Kier molecular flexibility index (Phi) is 5.05. The summed E-state index contributed by atoms with van der Waals surface area (Å²) in [6, 6.07) is 6.21. The van der Waals surface area contributed by atoms with Crippen LogP contribution in [0.1, 0.15) is 17.3 Å². The maximum atomic E-state index is 11.8. The number of carbonyl (C=O) groups is 2. The molecule has 19 heavy (non-hydrogen) atoms. The van der Waals surface area contributed by atoms with Gasteiger partial charge in [0.15, 0.2) is 5.78 Å². The number of rotatable bonds is 5. The fourth-order valence-electron chi connectivity index (χ4n) is 1.34. The molecule has 4 nitrogen and oxygen atoms in total. The van der Waals surface area contributed by atoms with Crippen molar-refractivity contribution in [1.82, 2.24) is 0 Å². The highest BCUT2D eigenvalue weighted by Crippen LogP contribution is 2.16. The summed E-state index contributed by atoms with van der Waals surface area (Å²) in [6.07, 6.45) is -4.47. The van der Waals surface area contributed by atoms with Crippen LogP contribution in [0.15, 0.2) is 24.3 Å². The van der Waals surface area contributed by atoms with Crippen molar-refractivity contribution in [3.05, 3.63) is 29.8 Å². The van der Waals surface area contributed by atoms with E-state index in [0.717, 1.165) is 0 Å². The van der Waals surface area contributed by atoms with Gasteiger partial charge >= 0.3 is 6.18 Å². The molecule has 1 rings (SSSR count). The van der Waals surface area contributed by atoms with E-state index in [1.54, 1.807) is 12.1 Å². The minimum absolute atomic E-state index is 0.246. The van der Waals surface area contributed by atoms with Gasteiger partial charge in [0.25, 0.3) is 0 Å². The average Bonchev–Trinajstić information content (AvgIpc) is 2.27. The summed E-state index contributed by atoms with van der Waals surface area (Å²) in [6.45, 7) is -0.897. The SMILES string of the molecule is CC(=O)c1ccccc1NC(=O)COCC(F)(F)F. The normalized spacial score (nSPS) is 11.2. The van der Waals surface area contributed by atoms with E-state index in [2.05, 4.69) is 10.1 Å². The average molecular weight is 275 g/mol. The van der Waals surface area contributed by atoms with Gasteiger partial charge in [0, 0.05) is 5.56 Å². The van der Waals surface area contributed by atoms with Crippen LogP contribution < -0.4 is 5.32 Å². The number of halogens is 3. The lowest BCUT2D eigenvalue weighted by Gasteiger charge is -2.10. The van der Waals surface area contributed by atoms with Gasteiger partial charge in [0.1, 0.15) is 13.2 Å². The number of carbonyl (C=O) groups excluding carboxylic acids is 2. The van der Waals surface area contributed by atoms with Crippen LogP contribution >= 0.6 is 0 Å². The van der Waals surface area contributed by atoms with Gasteiger partial charge in [0.2, 0.25) is 5.91 Å². The van der Waals surface area contributed by atoms with E-state index in [1.165, 1.54) is 19.1 Å². The predicted octanol–water partition coefficient (Wildman–Crippen LogP) is 2.41. The standard InChI is InChI=1S/C12H12F3NO3/c1-8(17)9-4-2-3-5-10(9)16-11(18)6-19-7-12(13,14)15/h2-5H,6-7H2,1H3,(H,16,18). The number of benzene rings is 1. The molecule has 0 bridgehead atoms. The molecule has 0 heterocycles. The highest BCUT2D eigenvalue weighted by Gasteiger charge is 2.27. The molecule has 0 aliphatic rings. The molecular formula is C12H12F3NO3. The molecule has 1 aromatic carbocycles. The van der Waals surface area contributed by atoms with Crippen molar-refractivity contribution >= 4 is 17.4 Å². The van der Waals surface area contributed by atoms with E-state index in [1.807, 2.05) is 0 Å². The second-order valence-corrected chi connectivity index (χ2v) is 3.76. The van der Waals surface area contributed by atoms with Gasteiger partial charge < -0.3 is 10.1 Å². The number of Topliss-reactive ketones (excluding diaryl/α,β-unsaturated/α-hetero) is 1. The largest absolute Gasteiger partial charge is 0.411 e. The molecule has 0 radical (unpaired) electrons. The number of nitrogens with one attached hydrogen (secondary N) is 1. The van der Waals surface area contributed by atoms with Crippen LogP contribution in [-0.4, -0.2) is 31.1 Å². The van der Waals surface area contributed by atoms with Crippen LogP contribution in [0, 0.1) is 0 Å². The van der Waals surface area contributed by atoms with E-state index in [4.69, 9.17) is 0 Å². The van der Waals surface area contributed by atoms with Crippen LogP contribution in [0.4, 0.5) is 18.9 Å². The lowest BCUT2D eigenvalue weighted by Crippen LogP contribution is -2.24. The minimum Gasteiger partial charge on any atom is -0.362 e. The van der Waals surface area contributed by atoms with Crippen LogP contribution in [0.2, 0.25) is 0 Å². The van der Waals surface area contributed by atoms with Gasteiger partial charge in [-0.1, -0.05) is 12.1 Å². The fraction of sp³-hybridized carbons (Fsp3) is 0.333. The molecule has 0 aliphatic heterocycles. The first kappa shape index (κ1) is 15.2. The molecular weight excluding hydrogens is 263 g/mol. The van der Waals surface area contributed by atoms with Crippen molar-refractivity contribution in [3.63, 3.8) is 0 Å². The minimum atomic E-state index is -4.47. The van der Waals surface area contributed by atoms with Crippen molar-refractivity contribution in [3.8, 4) is 0 Å². The van der Waals surface area contributed by atoms with E-state index >= 15 is 0 Å². The smallest absolute Gasteiger partial charge is 0.362 e. The Balaban J connectivity index is 2.56. The van der Waals surface area contributed by atoms with E-state index < -0.39 is 25.3 Å². The molecule has 1 aromatic rings. The number of alkyl halides is 3. The molecule has 1 N–H and O–H groups in total. The third kappa shape index (κ3) is 5.52. The molecule has 0 atom stereocenters. The Hall–Kier alpha value is -1.89. The van der Waals surface area contributed by atoms with Crippen LogP contribution in [0.5, 0.6) is 0 Å². The zero-order chi connectivity index (χ0) is 14.5. The molecule has 0 unspecified atom stereocenters. The monoisotopic (exact) mass is 275 g/mol. The summed E-state index contributed by atoms with van der Waals surface area (Å²) >= 11 is 0. The van der Waals surface area contributed by atoms with Crippen LogP contribution in [-0.2, 0) is 9.53 Å². The van der Waals surface area contributed by atoms with Crippen LogP contribution in [0.25, 0.3) is 0 Å². The van der Waals surface area contributed by atoms with Gasteiger partial charge in [-0.15, -0.1) is 0 Å². The lowest BCUT2D eigenvalue weighted by molar-refractivity contribution is -0.174. The van der Waals surface area contributed by atoms with E-state index in [-0.39, 0.29) is 17.0 Å². The predicted molar refractivity (Wildman–Crippen MR) is 62.0 cm³/mol. The van der Waals surface area contributed by atoms with Gasteiger partial charge in [-0.2, -0.15) is 13.2 Å². The summed E-state index contributed by atoms with van der Waals surface area (Å²) in [5, 5.41) is 2.33. The van der Waals surface area contributed by atoms with E-state index in [0.29, 0.717) is 0 Å². The topological polar surface area (TPSA) is 55.4 Å². The van der Waals surface area contributed by atoms with Gasteiger partial charge in [-0.25, -0.2) is 0 Å². The van der Waals surface area contributed by atoms with Gasteiger partial charge in [0.05, 0.1) is 5.69 Å². The quantitative estimate of drug-likeness (QED) is 0.839. The Morgan fingerprint density at radius 2 is 1.89 bits per heavy atom. The zero-order valence-corrected chi connectivity index (χ0v) is 10.1. The third-order valence-electron chi connectivity index (χ3n) is 2.08. The third-order valence-corrected chi connectivity index (χ3v) is 2.08. The first-order valence-corrected chi connectivity index (χ1v) is 5.34. The van der Waals surface area contributed by atoms with Crippen molar-refractivity contribution < 1.29 is 27.5 Å². The van der Waals surface area contributed by atoms with Crippen molar-refractivity contribution in [2.24, 2.45) is 0 Å². The molecule has 0 saturated carbocycles. The fourth-order valence-corrected chi connectivity index (χ4v) is 1.34. The summed E-state index contributed by atoms with van der Waals surface area (Å²) in [5.41, 5.74) is 0.530. The number of hydrogen-bond acceptors (Lipinski definition) is 3. The summed E-state index contributed by atoms with van der Waals surface area (Å²) in [4.78, 5) is 22.6. The number of anilines is 1. The second-order valence-electron chi connectivity index (χ2n) is 3.76. The Labute approximate surface area is 107 Å². The molecule has 0 fully saturated rings. The van der Waals surface area contributed by atoms with Gasteiger partial charge in [-0.3, -0.25) is 9.59 Å². The number of ketones is 1. The molecule has 0 aliphatic carbocycles. The van der Waals surface area contributed by atoms with Crippen LogP contribution in [0.3, 0.4) is 0 Å².